The number of nitriles is 1. The fraction of sp³-hybridized carbons (Fsp3) is 0.0185. The molecular formula is C54H33N7. The molecule has 0 unspecified atom stereocenters. The molecule has 0 N–H and O–H groups in total. The van der Waals surface area contributed by atoms with E-state index >= 15 is 0 Å². The van der Waals surface area contributed by atoms with Crippen molar-refractivity contribution < 1.29 is 0 Å². The number of anilines is 6. The van der Waals surface area contributed by atoms with Crippen molar-refractivity contribution in [2.24, 2.45) is 0 Å². The largest absolute Gasteiger partial charge is 0.310 e. The summed E-state index contributed by atoms with van der Waals surface area (Å²) >= 11 is 0. The highest BCUT2D eigenvalue weighted by molar-refractivity contribution is 5.98. The highest BCUT2D eigenvalue weighted by Gasteiger charge is 2.51. The van der Waals surface area contributed by atoms with Crippen LogP contribution < -0.4 is 9.80 Å². The summed E-state index contributed by atoms with van der Waals surface area (Å²) in [6.45, 7) is 8.55. The monoisotopic (exact) mass is 779 g/mol. The maximum Gasteiger partial charge on any atom is 0.200 e. The Morgan fingerprint density at radius 3 is 1.28 bits per heavy atom. The van der Waals surface area contributed by atoms with Crippen molar-refractivity contribution in [3.63, 3.8) is 0 Å². The van der Waals surface area contributed by atoms with Crippen molar-refractivity contribution in [3.05, 3.63) is 239 Å². The molecule has 0 saturated heterocycles. The highest BCUT2D eigenvalue weighted by atomic mass is 15.2. The molecule has 0 radical (unpaired) electrons. The van der Waals surface area contributed by atoms with Gasteiger partial charge in [-0.05, 0) is 70.8 Å². The number of rotatable bonds is 5. The second-order valence-electron chi connectivity index (χ2n) is 15.0. The molecule has 8 aromatic carbocycles. The van der Waals surface area contributed by atoms with E-state index in [9.17, 15) is 5.26 Å². The van der Waals surface area contributed by atoms with Gasteiger partial charge in [0.15, 0.2) is 23.2 Å². The van der Waals surface area contributed by atoms with Crippen LogP contribution in [-0.4, -0.2) is 15.0 Å². The number of fused-ring (bicyclic) bond motifs is 8. The van der Waals surface area contributed by atoms with Crippen LogP contribution >= 0.6 is 0 Å². The molecule has 7 nitrogen and oxygen atoms in total. The summed E-state index contributed by atoms with van der Waals surface area (Å²) in [5, 5.41) is 11.1. The molecule has 11 rings (SSSR count). The Morgan fingerprint density at radius 2 is 0.836 bits per heavy atom. The van der Waals surface area contributed by atoms with Crippen LogP contribution in [0.15, 0.2) is 200 Å². The first-order chi connectivity index (χ1) is 30.2. The fourth-order valence-corrected chi connectivity index (χ4v) is 9.24. The second kappa shape index (κ2) is 14.3. The fourth-order valence-electron chi connectivity index (χ4n) is 9.24. The summed E-state index contributed by atoms with van der Waals surface area (Å²) in [5.74, 6) is 1.27. The number of aromatic nitrogens is 3. The van der Waals surface area contributed by atoms with Gasteiger partial charge in [0.05, 0.1) is 46.0 Å². The van der Waals surface area contributed by atoms with Crippen LogP contribution in [0.5, 0.6) is 0 Å². The van der Waals surface area contributed by atoms with Crippen LogP contribution in [0.1, 0.15) is 27.8 Å². The molecule has 2 aliphatic heterocycles. The second-order valence-corrected chi connectivity index (χ2v) is 15.0. The lowest BCUT2D eigenvalue weighted by Crippen LogP contribution is -2.42. The van der Waals surface area contributed by atoms with Crippen LogP contribution in [0, 0.1) is 17.9 Å². The Hall–Kier alpha value is -8.65. The average molecular weight is 780 g/mol. The van der Waals surface area contributed by atoms with E-state index in [0.29, 0.717) is 40.0 Å². The van der Waals surface area contributed by atoms with Gasteiger partial charge in [0.25, 0.3) is 0 Å². The molecule has 3 heterocycles. The van der Waals surface area contributed by atoms with E-state index < -0.39 is 5.41 Å². The first kappa shape index (κ1) is 35.5. The molecule has 0 bridgehead atoms. The smallest absolute Gasteiger partial charge is 0.200 e. The Morgan fingerprint density at radius 1 is 0.443 bits per heavy atom. The zero-order chi connectivity index (χ0) is 40.9. The molecule has 1 spiro atoms. The molecular weight excluding hydrogens is 747 g/mol. The molecule has 0 saturated carbocycles. The first-order valence-corrected chi connectivity index (χ1v) is 20.1. The maximum absolute atomic E-state index is 11.1. The predicted octanol–water partition coefficient (Wildman–Crippen LogP) is 13.2. The number of hydrogen-bond acceptors (Lipinski definition) is 6. The normalized spacial score (nSPS) is 13.0. The Kier molecular flexibility index (Phi) is 8.33. The van der Waals surface area contributed by atoms with Gasteiger partial charge in [-0.15, -0.1) is 0 Å². The van der Waals surface area contributed by atoms with E-state index in [4.69, 9.17) is 21.5 Å². The van der Waals surface area contributed by atoms with Crippen LogP contribution in [0.25, 0.3) is 39.0 Å². The zero-order valence-corrected chi connectivity index (χ0v) is 32.7. The maximum atomic E-state index is 11.1. The minimum Gasteiger partial charge on any atom is -0.310 e. The summed E-state index contributed by atoms with van der Waals surface area (Å²) in [4.78, 5) is 23.3. The number of para-hydroxylation sites is 5. The van der Waals surface area contributed by atoms with E-state index in [1.165, 1.54) is 0 Å². The quantitative estimate of drug-likeness (QED) is 0.162. The molecule has 284 valence electrons. The lowest BCUT2D eigenvalue weighted by atomic mass is 9.60. The molecule has 0 atom stereocenters. The van der Waals surface area contributed by atoms with Gasteiger partial charge in [0, 0.05) is 22.4 Å². The van der Waals surface area contributed by atoms with Gasteiger partial charge in [-0.2, -0.15) is 5.26 Å². The molecule has 0 fully saturated rings. The molecule has 61 heavy (non-hydrogen) atoms. The van der Waals surface area contributed by atoms with E-state index in [0.717, 1.165) is 61.8 Å². The summed E-state index contributed by atoms with van der Waals surface area (Å²) < 4.78 is 0. The Bertz CT molecular complexity index is 3090. The van der Waals surface area contributed by atoms with Gasteiger partial charge in [-0.1, -0.05) is 152 Å². The van der Waals surface area contributed by atoms with E-state index in [1.54, 1.807) is 6.07 Å². The standard InChI is InChI=1S/C54H33N7/c1-56-45-34-50(38(35-55)33-40(45)53-58-51(36-19-5-2-6-20-36)57-52(59-53)37-21-7-3-8-22-37)61-48-31-17-13-27-43(48)54(44-28-14-18-32-49(44)61)41-25-11-15-29-46(41)60(39-23-9-4-10-24-39)47-30-16-12-26-42(47)54/h2-34H. The van der Waals surface area contributed by atoms with Gasteiger partial charge in [-0.25, -0.2) is 19.8 Å². The lowest BCUT2D eigenvalue weighted by Gasteiger charge is -2.51. The molecule has 0 amide bonds. The summed E-state index contributed by atoms with van der Waals surface area (Å²) in [5.41, 5.74) is 12.2. The SMILES string of the molecule is [C-]#[N+]c1cc(N2c3ccccc3C3(c4ccccc4N(c4ccccc4)c4ccccc43)c3ccccc32)c(C#N)cc1-c1nc(-c2ccccc2)nc(-c2ccccc2)n1. The van der Waals surface area contributed by atoms with Gasteiger partial charge < -0.3 is 9.80 Å². The number of nitrogens with zero attached hydrogens (tertiary/aromatic N) is 7. The molecule has 2 aliphatic rings. The topological polar surface area (TPSA) is 73.3 Å². The Balaban J connectivity index is 1.15. The van der Waals surface area contributed by atoms with Crippen molar-refractivity contribution in [3.8, 4) is 40.2 Å². The van der Waals surface area contributed by atoms with Crippen molar-refractivity contribution >= 4 is 39.8 Å². The van der Waals surface area contributed by atoms with Crippen LogP contribution in [0.4, 0.5) is 39.8 Å². The zero-order valence-electron chi connectivity index (χ0n) is 32.7. The van der Waals surface area contributed by atoms with E-state index in [1.807, 2.05) is 84.9 Å². The summed E-state index contributed by atoms with van der Waals surface area (Å²) in [6, 6.07) is 70.4. The molecule has 7 heteroatoms. The van der Waals surface area contributed by atoms with E-state index in [-0.39, 0.29) is 0 Å². The minimum atomic E-state index is -0.732. The molecule has 1 aromatic heterocycles. The van der Waals surface area contributed by atoms with Gasteiger partial charge >= 0.3 is 0 Å². The lowest BCUT2D eigenvalue weighted by molar-refractivity contribution is 0.718. The van der Waals surface area contributed by atoms with Gasteiger partial charge in [-0.3, -0.25) is 0 Å². The summed E-state index contributed by atoms with van der Waals surface area (Å²) in [7, 11) is 0. The third kappa shape index (κ3) is 5.46. The van der Waals surface area contributed by atoms with Crippen LogP contribution in [0.2, 0.25) is 0 Å². The predicted molar refractivity (Wildman–Crippen MR) is 242 cm³/mol. The molecule has 0 aliphatic carbocycles. The Labute approximate surface area is 353 Å². The minimum absolute atomic E-state index is 0.318. The summed E-state index contributed by atoms with van der Waals surface area (Å²) in [6.07, 6.45) is 0. The van der Waals surface area contributed by atoms with Crippen molar-refractivity contribution in [2.75, 3.05) is 9.80 Å². The van der Waals surface area contributed by atoms with Crippen LogP contribution in [0.3, 0.4) is 0 Å². The molecule has 9 aromatic rings. The van der Waals surface area contributed by atoms with Gasteiger partial charge in [0.1, 0.15) is 6.07 Å². The number of benzene rings is 8. The average Bonchev–Trinajstić information content (AvgIpc) is 3.34. The van der Waals surface area contributed by atoms with Crippen molar-refractivity contribution in [2.45, 2.75) is 5.41 Å². The van der Waals surface area contributed by atoms with Gasteiger partial charge in [0.2, 0.25) is 0 Å². The van der Waals surface area contributed by atoms with Crippen molar-refractivity contribution in [1.82, 2.24) is 15.0 Å². The number of hydrogen-bond donors (Lipinski definition) is 0. The highest BCUT2D eigenvalue weighted by Crippen LogP contribution is 2.64. The third-order valence-corrected chi connectivity index (χ3v) is 11.7. The van der Waals surface area contributed by atoms with Crippen LogP contribution in [-0.2, 0) is 5.41 Å². The van der Waals surface area contributed by atoms with E-state index in [2.05, 4.69) is 130 Å². The third-order valence-electron chi connectivity index (χ3n) is 11.7. The van der Waals surface area contributed by atoms with Crippen molar-refractivity contribution in [1.29, 1.82) is 5.26 Å². The first-order valence-electron chi connectivity index (χ1n) is 20.1.